The predicted molar refractivity (Wildman–Crippen MR) is 72.6 cm³/mol. The van der Waals surface area contributed by atoms with Gasteiger partial charge in [-0.3, -0.25) is 4.72 Å². The van der Waals surface area contributed by atoms with E-state index in [1.165, 1.54) is 25.2 Å². The fourth-order valence-corrected chi connectivity index (χ4v) is 3.65. The summed E-state index contributed by atoms with van der Waals surface area (Å²) in [6, 6.07) is 4.01. The first-order valence-corrected chi connectivity index (χ1v) is 7.53. The van der Waals surface area contributed by atoms with E-state index >= 15 is 0 Å². The second kappa shape index (κ2) is 4.99. The largest absolute Gasteiger partial charge is 0.506 e. The lowest BCUT2D eigenvalue weighted by Crippen LogP contribution is -2.17. The number of nitrogens with one attached hydrogen (secondary N) is 1. The van der Waals surface area contributed by atoms with Gasteiger partial charge in [0.1, 0.15) is 5.75 Å². The van der Waals surface area contributed by atoms with Gasteiger partial charge in [0.05, 0.1) is 10.7 Å². The Labute approximate surface area is 122 Å². The van der Waals surface area contributed by atoms with Gasteiger partial charge in [-0.15, -0.1) is 5.10 Å². The molecule has 1 aromatic carbocycles. The van der Waals surface area contributed by atoms with Crippen LogP contribution in [0.15, 0.2) is 27.8 Å². The van der Waals surface area contributed by atoms with E-state index in [9.17, 15) is 13.5 Å². The number of anilines is 1. The van der Waals surface area contributed by atoms with Crippen molar-refractivity contribution < 1.29 is 13.5 Å². The fraction of sp³-hybridized carbons (Fsp3) is 0.111. The first-order chi connectivity index (χ1) is 8.81. The first-order valence-electron chi connectivity index (χ1n) is 4.88. The molecule has 0 aliphatic rings. The molecule has 0 amide bonds. The number of aromatic nitrogens is 3. The SMILES string of the molecule is Cn1nnc(Br)c1S(=O)(=O)Nc1ccc(Cl)c(O)c1. The minimum Gasteiger partial charge on any atom is -0.506 e. The van der Waals surface area contributed by atoms with Crippen molar-refractivity contribution in [3.63, 3.8) is 0 Å². The highest BCUT2D eigenvalue weighted by Crippen LogP contribution is 2.28. The molecule has 2 rings (SSSR count). The number of aryl methyl sites for hydroxylation is 1. The molecule has 10 heteroatoms. The minimum atomic E-state index is -3.87. The molecule has 0 aliphatic heterocycles. The number of nitrogens with zero attached hydrogens (tertiary/aromatic N) is 3. The average molecular weight is 368 g/mol. The van der Waals surface area contributed by atoms with Gasteiger partial charge >= 0.3 is 0 Å². The molecule has 0 bridgehead atoms. The monoisotopic (exact) mass is 366 g/mol. The smallest absolute Gasteiger partial charge is 0.281 e. The molecule has 0 aliphatic carbocycles. The van der Waals surface area contributed by atoms with Crippen molar-refractivity contribution in [3.8, 4) is 5.75 Å². The topological polar surface area (TPSA) is 97.1 Å². The third-order valence-electron chi connectivity index (χ3n) is 2.19. The van der Waals surface area contributed by atoms with E-state index in [0.717, 1.165) is 4.68 Å². The van der Waals surface area contributed by atoms with Gasteiger partial charge in [-0.2, -0.15) is 8.42 Å². The van der Waals surface area contributed by atoms with E-state index in [4.69, 9.17) is 11.6 Å². The zero-order valence-corrected chi connectivity index (χ0v) is 12.7. The zero-order valence-electron chi connectivity index (χ0n) is 9.50. The second-order valence-corrected chi connectivity index (χ2v) is 6.34. The number of halogens is 2. The highest BCUT2D eigenvalue weighted by Gasteiger charge is 2.24. The van der Waals surface area contributed by atoms with Gasteiger partial charge in [-0.1, -0.05) is 16.8 Å². The zero-order chi connectivity index (χ0) is 14.2. The lowest BCUT2D eigenvalue weighted by molar-refractivity contribution is 0.476. The predicted octanol–water partition coefficient (Wildman–Crippen LogP) is 1.74. The number of phenols is 1. The van der Waals surface area contributed by atoms with Crippen molar-refractivity contribution in [2.45, 2.75) is 5.03 Å². The number of benzene rings is 1. The van der Waals surface area contributed by atoms with Crippen LogP contribution in [-0.2, 0) is 17.1 Å². The lowest BCUT2D eigenvalue weighted by atomic mass is 10.3. The van der Waals surface area contributed by atoms with Crippen LogP contribution in [0, 0.1) is 0 Å². The van der Waals surface area contributed by atoms with Crippen LogP contribution in [0.4, 0.5) is 5.69 Å². The van der Waals surface area contributed by atoms with Gasteiger partial charge in [0.15, 0.2) is 4.60 Å². The molecule has 0 spiro atoms. The molecule has 1 aromatic heterocycles. The normalized spacial score (nSPS) is 11.5. The van der Waals surface area contributed by atoms with E-state index in [0.29, 0.717) is 0 Å². The molecule has 0 fully saturated rings. The Hall–Kier alpha value is -1.32. The Morgan fingerprint density at radius 1 is 1.47 bits per heavy atom. The summed E-state index contributed by atoms with van der Waals surface area (Å²) >= 11 is 8.65. The van der Waals surface area contributed by atoms with Crippen LogP contribution < -0.4 is 4.72 Å². The summed E-state index contributed by atoms with van der Waals surface area (Å²) in [7, 11) is -2.42. The number of hydrogen-bond acceptors (Lipinski definition) is 5. The van der Waals surface area contributed by atoms with Crippen molar-refractivity contribution in [2.75, 3.05) is 4.72 Å². The molecule has 7 nitrogen and oxygen atoms in total. The number of phenolic OH excluding ortho intramolecular Hbond substituents is 1. The second-order valence-electron chi connectivity index (χ2n) is 3.58. The summed E-state index contributed by atoms with van der Waals surface area (Å²) in [6.07, 6.45) is 0. The maximum atomic E-state index is 12.1. The van der Waals surface area contributed by atoms with Gasteiger partial charge in [-0.25, -0.2) is 4.68 Å². The number of rotatable bonds is 3. The van der Waals surface area contributed by atoms with Crippen LogP contribution in [0.5, 0.6) is 5.75 Å². The van der Waals surface area contributed by atoms with Crippen molar-refractivity contribution in [1.29, 1.82) is 0 Å². The molecule has 0 saturated heterocycles. The van der Waals surface area contributed by atoms with Crippen LogP contribution >= 0.6 is 27.5 Å². The van der Waals surface area contributed by atoms with Crippen LogP contribution in [0.25, 0.3) is 0 Å². The Morgan fingerprint density at radius 3 is 2.68 bits per heavy atom. The molecule has 19 heavy (non-hydrogen) atoms. The van der Waals surface area contributed by atoms with Crippen molar-refractivity contribution in [3.05, 3.63) is 27.8 Å². The summed E-state index contributed by atoms with van der Waals surface area (Å²) in [6.45, 7) is 0. The Bertz CT molecular complexity index is 712. The Morgan fingerprint density at radius 2 is 2.16 bits per heavy atom. The van der Waals surface area contributed by atoms with E-state index in [1.54, 1.807) is 0 Å². The third kappa shape index (κ3) is 2.82. The van der Waals surface area contributed by atoms with E-state index in [1.807, 2.05) is 0 Å². The van der Waals surface area contributed by atoms with Crippen LogP contribution in [0.1, 0.15) is 0 Å². The Balaban J connectivity index is 2.39. The number of aromatic hydroxyl groups is 1. The lowest BCUT2D eigenvalue weighted by Gasteiger charge is -2.08. The minimum absolute atomic E-state index is 0.0979. The van der Waals surface area contributed by atoms with E-state index < -0.39 is 10.0 Å². The standard InChI is InChI=1S/C9H8BrClN4O3S/c1-15-9(8(10)12-14-15)19(17,18)13-5-2-3-6(11)7(16)4-5/h2-4,13,16H,1H3. The van der Waals surface area contributed by atoms with Gasteiger partial charge in [0.2, 0.25) is 5.03 Å². The third-order valence-corrected chi connectivity index (χ3v) is 4.78. The molecule has 1 heterocycles. The molecule has 102 valence electrons. The van der Waals surface area contributed by atoms with Crippen molar-refractivity contribution in [2.24, 2.45) is 7.05 Å². The van der Waals surface area contributed by atoms with Crippen molar-refractivity contribution >= 4 is 43.2 Å². The number of hydrogen-bond donors (Lipinski definition) is 2. The van der Waals surface area contributed by atoms with Gasteiger partial charge < -0.3 is 5.11 Å². The molecule has 0 radical (unpaired) electrons. The Kier molecular flexibility index (Phi) is 3.70. The summed E-state index contributed by atoms with van der Waals surface area (Å²) in [5.74, 6) is -0.218. The highest BCUT2D eigenvalue weighted by atomic mass is 79.9. The molecule has 2 aromatic rings. The van der Waals surface area contributed by atoms with Gasteiger partial charge in [0, 0.05) is 13.1 Å². The van der Waals surface area contributed by atoms with Crippen LogP contribution in [0.2, 0.25) is 5.02 Å². The first kappa shape index (κ1) is 14.1. The molecule has 2 N–H and O–H groups in total. The van der Waals surface area contributed by atoms with Gasteiger partial charge in [-0.05, 0) is 28.1 Å². The summed E-state index contributed by atoms with van der Waals surface area (Å²) in [4.78, 5) is 0. The van der Waals surface area contributed by atoms with E-state index in [-0.39, 0.29) is 26.1 Å². The van der Waals surface area contributed by atoms with Crippen molar-refractivity contribution in [1.82, 2.24) is 15.0 Å². The molecule has 0 unspecified atom stereocenters. The fourth-order valence-electron chi connectivity index (χ4n) is 1.39. The number of sulfonamides is 1. The maximum absolute atomic E-state index is 12.1. The molecule has 0 saturated carbocycles. The summed E-state index contributed by atoms with van der Waals surface area (Å²) < 4.78 is 27.8. The maximum Gasteiger partial charge on any atom is 0.281 e. The summed E-state index contributed by atoms with van der Waals surface area (Å²) in [5, 5.41) is 16.6. The van der Waals surface area contributed by atoms with Crippen LogP contribution in [0.3, 0.4) is 0 Å². The molecule has 0 atom stereocenters. The quantitative estimate of drug-likeness (QED) is 0.861. The summed E-state index contributed by atoms with van der Waals surface area (Å²) in [5.41, 5.74) is 0.176. The highest BCUT2D eigenvalue weighted by molar-refractivity contribution is 9.10. The average Bonchev–Trinajstić information content (AvgIpc) is 2.64. The molecular formula is C9H8BrClN4O3S. The van der Waals surface area contributed by atoms with E-state index in [2.05, 4.69) is 31.0 Å². The van der Waals surface area contributed by atoms with Crippen LogP contribution in [-0.4, -0.2) is 28.5 Å². The molecular weight excluding hydrogens is 360 g/mol. The van der Waals surface area contributed by atoms with Gasteiger partial charge in [0.25, 0.3) is 10.0 Å².